The first kappa shape index (κ1) is 9.07. The van der Waals surface area contributed by atoms with Crippen LogP contribution in [-0.4, -0.2) is 11.3 Å². The van der Waals surface area contributed by atoms with Crippen molar-refractivity contribution in [1.29, 1.82) is 0 Å². The van der Waals surface area contributed by atoms with E-state index in [0.29, 0.717) is 12.3 Å². The summed E-state index contributed by atoms with van der Waals surface area (Å²) in [5, 5.41) is 0. The summed E-state index contributed by atoms with van der Waals surface area (Å²) in [6.07, 6.45) is 3.12. The van der Waals surface area contributed by atoms with E-state index in [0.717, 1.165) is 30.6 Å². The molecule has 0 spiro atoms. The first-order valence-corrected chi connectivity index (χ1v) is 5.16. The van der Waals surface area contributed by atoms with Gasteiger partial charge in [0.15, 0.2) is 11.3 Å². The fourth-order valence-electron chi connectivity index (χ4n) is 1.98. The highest BCUT2D eigenvalue weighted by molar-refractivity contribution is 6.19. The Morgan fingerprint density at radius 3 is 3.00 bits per heavy atom. The van der Waals surface area contributed by atoms with Crippen LogP contribution in [0.3, 0.4) is 0 Å². The minimum absolute atomic E-state index is 0.225. The lowest BCUT2D eigenvalue weighted by molar-refractivity contribution is -0.118. The fraction of sp³-hybridized carbons (Fsp3) is 0.700. The van der Waals surface area contributed by atoms with Gasteiger partial charge in [0.1, 0.15) is 5.76 Å². The molecule has 0 N–H and O–H groups in total. The number of ketones is 1. The van der Waals surface area contributed by atoms with Crippen molar-refractivity contribution >= 4 is 17.4 Å². The van der Waals surface area contributed by atoms with Gasteiger partial charge in [0.25, 0.3) is 0 Å². The van der Waals surface area contributed by atoms with Crippen molar-refractivity contribution < 1.29 is 9.53 Å². The van der Waals surface area contributed by atoms with Gasteiger partial charge in [-0.1, -0.05) is 18.5 Å². The second kappa shape index (κ2) is 3.33. The second-order valence-electron chi connectivity index (χ2n) is 3.90. The number of Topliss-reactive ketones (excluding diaryl/α,β-unsaturated/α-hetero) is 1. The third-order valence-corrected chi connectivity index (χ3v) is 2.94. The maximum Gasteiger partial charge on any atom is 0.172 e. The number of rotatable bonds is 0. The van der Waals surface area contributed by atoms with Crippen LogP contribution in [0.4, 0.5) is 0 Å². The van der Waals surface area contributed by atoms with Gasteiger partial charge in [-0.3, -0.25) is 4.79 Å². The van der Waals surface area contributed by atoms with Gasteiger partial charge in [-0.2, -0.15) is 0 Å². The van der Waals surface area contributed by atoms with Crippen LogP contribution in [0.15, 0.2) is 11.3 Å². The summed E-state index contributed by atoms with van der Waals surface area (Å²) in [5.74, 6) is 1.53. The van der Waals surface area contributed by atoms with Crippen LogP contribution < -0.4 is 0 Å². The van der Waals surface area contributed by atoms with Crippen molar-refractivity contribution in [3.8, 4) is 0 Å². The number of hydrogen-bond donors (Lipinski definition) is 0. The van der Waals surface area contributed by atoms with E-state index in [4.69, 9.17) is 16.3 Å². The highest BCUT2D eigenvalue weighted by atomic mass is 35.5. The summed E-state index contributed by atoms with van der Waals surface area (Å²) in [6.45, 7) is 2.07. The smallest absolute Gasteiger partial charge is 0.172 e. The van der Waals surface area contributed by atoms with Crippen molar-refractivity contribution in [2.45, 2.75) is 38.2 Å². The summed E-state index contributed by atoms with van der Waals surface area (Å²) >= 11 is 5.86. The average molecular weight is 201 g/mol. The highest BCUT2D eigenvalue weighted by Gasteiger charge is 2.30. The first-order chi connectivity index (χ1) is 6.16. The minimum Gasteiger partial charge on any atom is -0.479 e. The Hall–Kier alpha value is -0.500. The van der Waals surface area contributed by atoms with Crippen LogP contribution in [0.5, 0.6) is 0 Å². The van der Waals surface area contributed by atoms with Crippen LogP contribution in [0.1, 0.15) is 32.6 Å². The molecule has 0 amide bonds. The summed E-state index contributed by atoms with van der Waals surface area (Å²) in [6, 6.07) is 0. The maximum absolute atomic E-state index is 11.6. The molecule has 0 aromatic carbocycles. The molecule has 2 rings (SSSR count). The van der Waals surface area contributed by atoms with Crippen molar-refractivity contribution in [1.82, 2.24) is 0 Å². The molecule has 0 aromatic rings. The molecule has 0 radical (unpaired) electrons. The van der Waals surface area contributed by atoms with Gasteiger partial charge < -0.3 is 4.74 Å². The number of ether oxygens (including phenoxy) is 1. The van der Waals surface area contributed by atoms with E-state index in [9.17, 15) is 4.79 Å². The highest BCUT2D eigenvalue weighted by Crippen LogP contribution is 2.35. The van der Waals surface area contributed by atoms with Crippen LogP contribution in [0.25, 0.3) is 0 Å². The SMILES string of the molecule is CC1CC(=O)C2=C(C1)OC(Cl)CC2. The van der Waals surface area contributed by atoms with Gasteiger partial charge in [0, 0.05) is 24.8 Å². The first-order valence-electron chi connectivity index (χ1n) is 4.72. The molecule has 0 fully saturated rings. The lowest BCUT2D eigenvalue weighted by Gasteiger charge is -2.29. The number of halogens is 1. The van der Waals surface area contributed by atoms with Gasteiger partial charge in [0.05, 0.1) is 0 Å². The Balaban J connectivity index is 2.24. The molecule has 1 aliphatic carbocycles. The molecule has 0 saturated heterocycles. The number of allylic oxidation sites excluding steroid dienone is 2. The van der Waals surface area contributed by atoms with Crippen molar-refractivity contribution in [2.75, 3.05) is 0 Å². The number of hydrogen-bond acceptors (Lipinski definition) is 2. The second-order valence-corrected chi connectivity index (χ2v) is 4.39. The van der Waals surface area contributed by atoms with Gasteiger partial charge in [-0.15, -0.1) is 0 Å². The van der Waals surface area contributed by atoms with Gasteiger partial charge in [0.2, 0.25) is 0 Å². The lowest BCUT2D eigenvalue weighted by atomic mass is 9.85. The molecular weight excluding hydrogens is 188 g/mol. The zero-order chi connectivity index (χ0) is 9.42. The zero-order valence-electron chi connectivity index (χ0n) is 7.68. The molecule has 0 bridgehead atoms. The normalized spacial score (nSPS) is 34.2. The Labute approximate surface area is 82.9 Å². The van der Waals surface area contributed by atoms with Gasteiger partial charge in [-0.25, -0.2) is 0 Å². The van der Waals surface area contributed by atoms with E-state index < -0.39 is 0 Å². The molecule has 72 valence electrons. The number of carbonyl (C=O) groups excluding carboxylic acids is 1. The summed E-state index contributed by atoms with van der Waals surface area (Å²) in [5.41, 5.74) is 0.673. The van der Waals surface area contributed by atoms with Crippen molar-refractivity contribution in [3.05, 3.63) is 11.3 Å². The molecule has 1 aliphatic heterocycles. The third kappa shape index (κ3) is 1.73. The topological polar surface area (TPSA) is 26.3 Å². The number of carbonyl (C=O) groups is 1. The molecule has 13 heavy (non-hydrogen) atoms. The monoisotopic (exact) mass is 200 g/mol. The predicted octanol–water partition coefficient (Wildman–Crippen LogP) is 2.61. The lowest BCUT2D eigenvalue weighted by Crippen LogP contribution is -2.25. The Kier molecular flexibility index (Phi) is 2.33. The van der Waals surface area contributed by atoms with Gasteiger partial charge >= 0.3 is 0 Å². The zero-order valence-corrected chi connectivity index (χ0v) is 8.43. The van der Waals surface area contributed by atoms with E-state index in [2.05, 4.69) is 6.92 Å². The van der Waals surface area contributed by atoms with E-state index in [1.54, 1.807) is 0 Å². The van der Waals surface area contributed by atoms with Crippen LogP contribution in [-0.2, 0) is 9.53 Å². The molecule has 1 heterocycles. The van der Waals surface area contributed by atoms with Crippen molar-refractivity contribution in [2.24, 2.45) is 5.92 Å². The predicted molar refractivity (Wildman–Crippen MR) is 50.4 cm³/mol. The third-order valence-electron chi connectivity index (χ3n) is 2.63. The van der Waals surface area contributed by atoms with Crippen LogP contribution in [0.2, 0.25) is 0 Å². The van der Waals surface area contributed by atoms with Crippen molar-refractivity contribution in [3.63, 3.8) is 0 Å². The number of alkyl halides is 1. The molecule has 0 saturated carbocycles. The van der Waals surface area contributed by atoms with Gasteiger partial charge in [-0.05, 0) is 12.3 Å². The van der Waals surface area contributed by atoms with E-state index in [1.165, 1.54) is 0 Å². The molecule has 2 aliphatic rings. The quantitative estimate of drug-likeness (QED) is 0.562. The maximum atomic E-state index is 11.6. The standard InChI is InChI=1S/C10H13ClO2/c1-6-4-8(12)7-2-3-10(11)13-9(7)5-6/h6,10H,2-5H2,1H3. The summed E-state index contributed by atoms with van der Waals surface area (Å²) in [4.78, 5) is 11.6. The Morgan fingerprint density at radius 1 is 1.46 bits per heavy atom. The average Bonchev–Trinajstić information content (AvgIpc) is 2.02. The fourth-order valence-corrected chi connectivity index (χ4v) is 2.19. The van der Waals surface area contributed by atoms with E-state index in [-0.39, 0.29) is 11.3 Å². The Bertz CT molecular complexity index is 266. The van der Waals surface area contributed by atoms with E-state index in [1.807, 2.05) is 0 Å². The van der Waals surface area contributed by atoms with Crippen LogP contribution in [0, 0.1) is 5.92 Å². The van der Waals surface area contributed by atoms with Crippen LogP contribution >= 0.6 is 11.6 Å². The molecule has 2 atom stereocenters. The Morgan fingerprint density at radius 2 is 2.23 bits per heavy atom. The summed E-state index contributed by atoms with van der Waals surface area (Å²) < 4.78 is 5.46. The molecular formula is C10H13ClO2. The molecule has 2 nitrogen and oxygen atoms in total. The largest absolute Gasteiger partial charge is 0.479 e. The molecule has 2 unspecified atom stereocenters. The molecule has 3 heteroatoms. The minimum atomic E-state index is -0.225. The molecule has 0 aromatic heterocycles. The van der Waals surface area contributed by atoms with E-state index >= 15 is 0 Å². The summed E-state index contributed by atoms with van der Waals surface area (Å²) in [7, 11) is 0.